The fraction of sp³-hybridized carbons (Fsp3) is 0.500. The number of sulfonamides is 1. The highest BCUT2D eigenvalue weighted by Gasteiger charge is 2.32. The van der Waals surface area contributed by atoms with Crippen molar-refractivity contribution >= 4 is 21.1 Å². The third kappa shape index (κ3) is 2.09. The smallest absolute Gasteiger partial charge is 0.245 e. The summed E-state index contributed by atoms with van der Waals surface area (Å²) >= 11 is 0. The summed E-state index contributed by atoms with van der Waals surface area (Å²) in [6.07, 6.45) is 0. The first-order valence-corrected chi connectivity index (χ1v) is 7.97. The van der Waals surface area contributed by atoms with Crippen LogP contribution in [0.4, 0.5) is 0 Å². The number of hydrogen-bond donors (Lipinski definition) is 1. The molecule has 0 saturated carbocycles. The van der Waals surface area contributed by atoms with Crippen molar-refractivity contribution in [2.24, 2.45) is 7.05 Å². The molecule has 3 rings (SSSR count). The van der Waals surface area contributed by atoms with E-state index in [2.05, 4.69) is 15.5 Å². The predicted octanol–water partition coefficient (Wildman–Crippen LogP) is -0.0493. The van der Waals surface area contributed by atoms with E-state index in [1.165, 1.54) is 9.10 Å². The minimum atomic E-state index is -3.55. The molecule has 7 nitrogen and oxygen atoms in total. The van der Waals surface area contributed by atoms with Crippen LogP contribution >= 0.6 is 0 Å². The Kier molecular flexibility index (Phi) is 3.23. The third-order valence-corrected chi connectivity index (χ3v) is 5.55. The van der Waals surface area contributed by atoms with Crippen LogP contribution in [-0.2, 0) is 17.1 Å². The molecule has 1 aromatic carbocycles. The Bertz CT molecular complexity index is 739. The van der Waals surface area contributed by atoms with Crippen LogP contribution in [0, 0.1) is 0 Å². The standard InChI is InChI=1S/C12H17N5O2S/c1-9-8-13-6-7-17(9)20(18,19)11-5-3-4-10-12(11)15-16(2)14-10/h3-5,9,13H,6-8H2,1-2H3/t9-/m0/s1. The highest BCUT2D eigenvalue weighted by atomic mass is 32.2. The summed E-state index contributed by atoms with van der Waals surface area (Å²) in [5, 5.41) is 11.5. The molecule has 8 heteroatoms. The van der Waals surface area contributed by atoms with E-state index in [0.717, 1.165) is 0 Å². The fourth-order valence-electron chi connectivity index (χ4n) is 2.53. The monoisotopic (exact) mass is 295 g/mol. The van der Waals surface area contributed by atoms with Crippen molar-refractivity contribution in [3.05, 3.63) is 18.2 Å². The van der Waals surface area contributed by atoms with Crippen LogP contribution in [0.25, 0.3) is 11.0 Å². The highest BCUT2D eigenvalue weighted by Crippen LogP contribution is 2.25. The van der Waals surface area contributed by atoms with Gasteiger partial charge >= 0.3 is 0 Å². The van der Waals surface area contributed by atoms with Gasteiger partial charge in [0.15, 0.2) is 0 Å². The van der Waals surface area contributed by atoms with Gasteiger partial charge in [-0.2, -0.15) is 19.3 Å². The average Bonchev–Trinajstić information content (AvgIpc) is 2.78. The Morgan fingerprint density at radius 1 is 1.35 bits per heavy atom. The van der Waals surface area contributed by atoms with Gasteiger partial charge in [-0.15, -0.1) is 0 Å². The quantitative estimate of drug-likeness (QED) is 0.840. The van der Waals surface area contributed by atoms with Crippen LogP contribution in [0.2, 0.25) is 0 Å². The van der Waals surface area contributed by atoms with Gasteiger partial charge in [0.05, 0.1) is 0 Å². The van der Waals surface area contributed by atoms with Gasteiger partial charge in [0.1, 0.15) is 15.9 Å². The van der Waals surface area contributed by atoms with Crippen molar-refractivity contribution in [3.8, 4) is 0 Å². The lowest BCUT2D eigenvalue weighted by Crippen LogP contribution is -2.52. The maximum absolute atomic E-state index is 12.8. The molecular weight excluding hydrogens is 278 g/mol. The number of nitrogens with zero attached hydrogens (tertiary/aromatic N) is 4. The molecule has 1 aliphatic rings. The molecule has 108 valence electrons. The molecule has 0 aliphatic carbocycles. The minimum Gasteiger partial charge on any atom is -0.314 e. The van der Waals surface area contributed by atoms with E-state index in [0.29, 0.717) is 30.7 Å². The largest absolute Gasteiger partial charge is 0.314 e. The van der Waals surface area contributed by atoms with E-state index in [1.807, 2.05) is 6.92 Å². The van der Waals surface area contributed by atoms with Crippen LogP contribution in [0.1, 0.15) is 6.92 Å². The summed E-state index contributed by atoms with van der Waals surface area (Å²) in [4.78, 5) is 1.63. The van der Waals surface area contributed by atoms with Crippen molar-refractivity contribution in [1.29, 1.82) is 0 Å². The maximum Gasteiger partial charge on any atom is 0.245 e. The number of nitrogens with one attached hydrogen (secondary N) is 1. The molecule has 1 fully saturated rings. The molecule has 1 aliphatic heterocycles. The molecule has 2 heterocycles. The molecule has 0 unspecified atom stereocenters. The van der Waals surface area contributed by atoms with Gasteiger partial charge in [-0.25, -0.2) is 8.42 Å². The lowest BCUT2D eigenvalue weighted by atomic mass is 10.3. The Hall–Kier alpha value is -1.51. The van der Waals surface area contributed by atoms with Crippen molar-refractivity contribution in [1.82, 2.24) is 24.6 Å². The van der Waals surface area contributed by atoms with E-state index in [1.54, 1.807) is 25.2 Å². The van der Waals surface area contributed by atoms with Crippen molar-refractivity contribution in [3.63, 3.8) is 0 Å². The highest BCUT2D eigenvalue weighted by molar-refractivity contribution is 7.89. The second kappa shape index (κ2) is 4.80. The Balaban J connectivity index is 2.13. The number of fused-ring (bicyclic) bond motifs is 1. The second-order valence-electron chi connectivity index (χ2n) is 4.98. The van der Waals surface area contributed by atoms with Crippen LogP contribution in [0.3, 0.4) is 0 Å². The van der Waals surface area contributed by atoms with Gasteiger partial charge in [0, 0.05) is 32.7 Å². The molecule has 0 amide bonds. The van der Waals surface area contributed by atoms with Crippen LogP contribution in [0.5, 0.6) is 0 Å². The molecular formula is C12H17N5O2S. The number of benzene rings is 1. The molecule has 1 aromatic heterocycles. The number of piperazine rings is 1. The molecule has 0 spiro atoms. The minimum absolute atomic E-state index is 0.0688. The zero-order valence-electron chi connectivity index (χ0n) is 11.4. The lowest BCUT2D eigenvalue weighted by molar-refractivity contribution is 0.284. The van der Waals surface area contributed by atoms with E-state index >= 15 is 0 Å². The van der Waals surface area contributed by atoms with Crippen LogP contribution in [0.15, 0.2) is 23.1 Å². The van der Waals surface area contributed by atoms with Gasteiger partial charge < -0.3 is 5.32 Å². The Labute approximate surface area is 117 Å². The molecule has 1 saturated heterocycles. The Morgan fingerprint density at radius 2 is 2.15 bits per heavy atom. The molecule has 1 N–H and O–H groups in total. The summed E-state index contributed by atoms with van der Waals surface area (Å²) in [5.74, 6) is 0. The summed E-state index contributed by atoms with van der Waals surface area (Å²) in [6, 6.07) is 5.00. The molecule has 20 heavy (non-hydrogen) atoms. The van der Waals surface area contributed by atoms with Crippen LogP contribution < -0.4 is 5.32 Å². The van der Waals surface area contributed by atoms with Crippen molar-refractivity contribution in [2.45, 2.75) is 17.9 Å². The van der Waals surface area contributed by atoms with Gasteiger partial charge in [0.25, 0.3) is 0 Å². The van der Waals surface area contributed by atoms with Gasteiger partial charge in [-0.3, -0.25) is 0 Å². The number of rotatable bonds is 2. The lowest BCUT2D eigenvalue weighted by Gasteiger charge is -2.32. The SMILES string of the molecule is C[C@H]1CNCCN1S(=O)(=O)c1cccc2nn(C)nc12. The zero-order chi connectivity index (χ0) is 14.3. The number of aromatic nitrogens is 3. The van der Waals surface area contributed by atoms with Gasteiger partial charge in [-0.1, -0.05) is 6.07 Å². The molecule has 0 bridgehead atoms. The summed E-state index contributed by atoms with van der Waals surface area (Å²) < 4.78 is 27.2. The van der Waals surface area contributed by atoms with Gasteiger partial charge in [-0.05, 0) is 19.1 Å². The molecule has 0 radical (unpaired) electrons. The van der Waals surface area contributed by atoms with E-state index in [-0.39, 0.29) is 10.9 Å². The zero-order valence-corrected chi connectivity index (χ0v) is 12.3. The first-order chi connectivity index (χ1) is 9.50. The fourth-order valence-corrected chi connectivity index (χ4v) is 4.30. The third-order valence-electron chi connectivity index (χ3n) is 3.50. The molecule has 1 atom stereocenters. The second-order valence-corrected chi connectivity index (χ2v) is 6.84. The number of aryl methyl sites for hydroxylation is 1. The summed E-state index contributed by atoms with van der Waals surface area (Å²) in [5.41, 5.74) is 1.03. The summed E-state index contributed by atoms with van der Waals surface area (Å²) in [7, 11) is -1.86. The van der Waals surface area contributed by atoms with Crippen molar-refractivity contribution in [2.75, 3.05) is 19.6 Å². The topological polar surface area (TPSA) is 80.1 Å². The van der Waals surface area contributed by atoms with Gasteiger partial charge in [0.2, 0.25) is 10.0 Å². The van der Waals surface area contributed by atoms with Crippen LogP contribution in [-0.4, -0.2) is 53.4 Å². The average molecular weight is 295 g/mol. The summed E-state index contributed by atoms with van der Waals surface area (Å²) in [6.45, 7) is 3.70. The normalized spacial score (nSPS) is 21.4. The Morgan fingerprint density at radius 3 is 2.90 bits per heavy atom. The van der Waals surface area contributed by atoms with Crippen molar-refractivity contribution < 1.29 is 8.42 Å². The first kappa shape index (κ1) is 13.5. The van der Waals surface area contributed by atoms with E-state index < -0.39 is 10.0 Å². The van der Waals surface area contributed by atoms with E-state index in [4.69, 9.17) is 0 Å². The maximum atomic E-state index is 12.8. The number of hydrogen-bond acceptors (Lipinski definition) is 5. The first-order valence-electron chi connectivity index (χ1n) is 6.53. The predicted molar refractivity (Wildman–Crippen MR) is 74.7 cm³/mol. The molecule has 2 aromatic rings. The van der Waals surface area contributed by atoms with E-state index in [9.17, 15) is 8.42 Å².